The van der Waals surface area contributed by atoms with Gasteiger partial charge in [0.05, 0.1) is 36.3 Å². The molecule has 5 aromatic rings. The number of aromatic nitrogens is 3. The number of piperidine rings is 1. The van der Waals surface area contributed by atoms with Crippen molar-refractivity contribution in [2.45, 2.75) is 56.7 Å². The van der Waals surface area contributed by atoms with Crippen LogP contribution in [0.5, 0.6) is 11.5 Å². The molecule has 64 heavy (non-hydrogen) atoms. The third kappa shape index (κ3) is 9.04. The predicted octanol–water partition coefficient (Wildman–Crippen LogP) is 4.22. The minimum absolute atomic E-state index is 0.0353. The van der Waals surface area contributed by atoms with E-state index in [2.05, 4.69) is 53.6 Å². The summed E-state index contributed by atoms with van der Waals surface area (Å²) in [5.41, 5.74) is 9.98. The van der Waals surface area contributed by atoms with Gasteiger partial charge in [0.1, 0.15) is 35.3 Å². The van der Waals surface area contributed by atoms with Gasteiger partial charge in [-0.15, -0.1) is 0 Å². The zero-order chi connectivity index (χ0) is 44.2. The normalized spacial score (nSPS) is 20.6. The van der Waals surface area contributed by atoms with Crippen LogP contribution in [0.1, 0.15) is 65.3 Å². The molecular weight excluding hydrogens is 817 g/mol. The molecule has 17 heteroatoms. The SMILES string of the molecule is Nc1ncnc2c1c(-c1ccc(Oc3ccccc3)cc1)cn2[C@H]1CC[C@H](N2CCN(CCOCCNC(=O)CNc3cccc4c3C(=O)N(C3CCC(=O)NC3=O)C4=O)CC2)CC1. The maximum atomic E-state index is 13.3. The number of anilines is 2. The third-order valence-electron chi connectivity index (χ3n) is 12.8. The maximum Gasteiger partial charge on any atom is 0.264 e. The summed E-state index contributed by atoms with van der Waals surface area (Å²) in [5.74, 6) is -0.614. The highest BCUT2D eigenvalue weighted by Gasteiger charge is 2.45. The van der Waals surface area contributed by atoms with E-state index in [4.69, 9.17) is 20.2 Å². The number of amides is 5. The smallest absolute Gasteiger partial charge is 0.264 e. The van der Waals surface area contributed by atoms with Crippen LogP contribution < -0.4 is 26.4 Å². The summed E-state index contributed by atoms with van der Waals surface area (Å²) in [4.78, 5) is 78.1. The average molecular weight is 869 g/mol. The Morgan fingerprint density at radius 2 is 1.55 bits per heavy atom. The average Bonchev–Trinajstić information content (AvgIpc) is 3.83. The first-order valence-electron chi connectivity index (χ1n) is 22.1. The van der Waals surface area contributed by atoms with E-state index in [0.717, 1.165) is 97.0 Å². The second-order valence-corrected chi connectivity index (χ2v) is 16.7. The number of fused-ring (bicyclic) bond motifs is 2. The molecule has 0 radical (unpaired) electrons. The van der Waals surface area contributed by atoms with Gasteiger partial charge < -0.3 is 30.4 Å². The van der Waals surface area contributed by atoms with Crippen molar-refractivity contribution in [1.29, 1.82) is 0 Å². The number of carbonyl (C=O) groups is 5. The van der Waals surface area contributed by atoms with Crippen molar-refractivity contribution in [2.75, 3.05) is 70.1 Å². The molecule has 1 atom stereocenters. The van der Waals surface area contributed by atoms with Gasteiger partial charge in [-0.25, -0.2) is 9.97 Å². The van der Waals surface area contributed by atoms with Gasteiger partial charge in [0, 0.05) is 75.2 Å². The summed E-state index contributed by atoms with van der Waals surface area (Å²) >= 11 is 0. The van der Waals surface area contributed by atoms with Crippen molar-refractivity contribution < 1.29 is 33.4 Å². The van der Waals surface area contributed by atoms with Crippen LogP contribution in [-0.2, 0) is 19.1 Å². The number of nitrogen functional groups attached to an aromatic ring is 1. The zero-order valence-corrected chi connectivity index (χ0v) is 35.5. The Labute approximate surface area is 370 Å². The topological polar surface area (TPSA) is 206 Å². The Morgan fingerprint density at radius 1 is 0.797 bits per heavy atom. The maximum absolute atomic E-state index is 13.3. The number of ether oxygens (including phenoxy) is 2. The van der Waals surface area contributed by atoms with Gasteiger partial charge in [-0.1, -0.05) is 36.4 Å². The number of para-hydroxylation sites is 1. The number of nitrogens with two attached hydrogens (primary N) is 1. The van der Waals surface area contributed by atoms with Crippen LogP contribution in [0, 0.1) is 0 Å². The molecular formula is C47H52N10O7. The molecule has 4 aliphatic rings. The number of benzene rings is 3. The molecule has 1 unspecified atom stereocenters. The molecule has 5 N–H and O–H groups in total. The highest BCUT2D eigenvalue weighted by molar-refractivity contribution is 6.25. The third-order valence-corrected chi connectivity index (χ3v) is 12.8. The fraction of sp³-hybridized carbons (Fsp3) is 0.383. The lowest BCUT2D eigenvalue weighted by atomic mass is 9.89. The van der Waals surface area contributed by atoms with Crippen LogP contribution >= 0.6 is 0 Å². The van der Waals surface area contributed by atoms with E-state index in [0.29, 0.717) is 43.3 Å². The Morgan fingerprint density at radius 3 is 2.31 bits per heavy atom. The Hall–Kier alpha value is -6.69. The first-order chi connectivity index (χ1) is 31.2. The Balaban J connectivity index is 0.680. The van der Waals surface area contributed by atoms with Crippen LogP contribution in [-0.4, -0.2) is 130 Å². The number of hydrogen-bond donors (Lipinski definition) is 4. The molecule has 3 aliphatic heterocycles. The lowest BCUT2D eigenvalue weighted by Crippen LogP contribution is -2.54. The molecule has 2 saturated heterocycles. The lowest BCUT2D eigenvalue weighted by molar-refractivity contribution is -0.136. The second-order valence-electron chi connectivity index (χ2n) is 16.7. The molecule has 3 aromatic carbocycles. The van der Waals surface area contributed by atoms with Crippen molar-refractivity contribution in [1.82, 2.24) is 39.9 Å². The van der Waals surface area contributed by atoms with Gasteiger partial charge in [-0.05, 0) is 74.1 Å². The second kappa shape index (κ2) is 19.0. The highest BCUT2D eigenvalue weighted by atomic mass is 16.5. The molecule has 9 rings (SSSR count). The molecule has 5 heterocycles. The van der Waals surface area contributed by atoms with Crippen LogP contribution in [0.4, 0.5) is 11.5 Å². The molecule has 1 aliphatic carbocycles. The molecule has 0 bridgehead atoms. The molecule has 3 fully saturated rings. The summed E-state index contributed by atoms with van der Waals surface area (Å²) in [7, 11) is 0. The van der Waals surface area contributed by atoms with Gasteiger partial charge in [-0.2, -0.15) is 0 Å². The minimum atomic E-state index is -1.06. The standard InChI is InChI=1S/C47H52N10O7/c48-43-42-36(30-9-15-34(16-10-30)64-33-5-2-1-3-6-33)28-56(44(42)52-29-51-43)32-13-11-31(12-14-32)55-22-20-54(21-23-55)24-26-63-25-19-49-40(59)27-50-37-8-4-7-35-41(37)47(62)57(46(35)61)38-17-18-39(58)53-45(38)60/h1-10,15-16,28-29,31-32,38,50H,11-14,17-27H2,(H,49,59)(H2,48,51,52)(H,53,58,60)/t31-,32-,38?. The van der Waals surface area contributed by atoms with Crippen molar-refractivity contribution in [3.63, 3.8) is 0 Å². The number of nitrogens with zero attached hydrogens (tertiary/aromatic N) is 6. The lowest BCUT2D eigenvalue weighted by Gasteiger charge is -2.42. The van der Waals surface area contributed by atoms with Crippen molar-refractivity contribution in [3.8, 4) is 22.6 Å². The highest BCUT2D eigenvalue weighted by Crippen LogP contribution is 2.40. The van der Waals surface area contributed by atoms with Crippen molar-refractivity contribution >= 4 is 52.1 Å². The molecule has 332 valence electrons. The van der Waals surface area contributed by atoms with E-state index in [9.17, 15) is 24.0 Å². The Bertz CT molecular complexity index is 2530. The number of nitrogens with one attached hydrogen (secondary N) is 3. The van der Waals surface area contributed by atoms with Gasteiger partial charge in [0.25, 0.3) is 11.8 Å². The largest absolute Gasteiger partial charge is 0.457 e. The summed E-state index contributed by atoms with van der Waals surface area (Å²) in [6.45, 7) is 5.91. The van der Waals surface area contributed by atoms with E-state index in [1.165, 1.54) is 6.07 Å². The minimum Gasteiger partial charge on any atom is -0.457 e. The summed E-state index contributed by atoms with van der Waals surface area (Å²) < 4.78 is 14.2. The predicted molar refractivity (Wildman–Crippen MR) is 239 cm³/mol. The summed E-state index contributed by atoms with van der Waals surface area (Å²) in [5, 5.41) is 8.86. The first-order valence-corrected chi connectivity index (χ1v) is 22.1. The van der Waals surface area contributed by atoms with E-state index in [-0.39, 0.29) is 36.4 Å². The van der Waals surface area contributed by atoms with Gasteiger partial charge in [0.15, 0.2) is 0 Å². The summed E-state index contributed by atoms with van der Waals surface area (Å²) in [6, 6.07) is 22.4. The molecule has 0 spiro atoms. The fourth-order valence-corrected chi connectivity index (χ4v) is 9.44. The van der Waals surface area contributed by atoms with E-state index >= 15 is 0 Å². The van der Waals surface area contributed by atoms with Crippen LogP contribution in [0.15, 0.2) is 85.3 Å². The first kappa shape index (κ1) is 42.6. The zero-order valence-electron chi connectivity index (χ0n) is 35.5. The van der Waals surface area contributed by atoms with E-state index < -0.39 is 29.7 Å². The number of piperazine rings is 1. The van der Waals surface area contributed by atoms with E-state index in [1.54, 1.807) is 18.5 Å². The van der Waals surface area contributed by atoms with Gasteiger partial charge in [0.2, 0.25) is 17.7 Å². The van der Waals surface area contributed by atoms with Crippen LogP contribution in [0.3, 0.4) is 0 Å². The quantitative estimate of drug-likeness (QED) is 0.0861. The van der Waals surface area contributed by atoms with Crippen molar-refractivity contribution in [2.24, 2.45) is 0 Å². The number of imide groups is 2. The van der Waals surface area contributed by atoms with E-state index in [1.807, 2.05) is 42.5 Å². The molecule has 17 nitrogen and oxygen atoms in total. The number of carbonyl (C=O) groups excluding carboxylic acids is 5. The molecule has 2 aromatic heterocycles. The fourth-order valence-electron chi connectivity index (χ4n) is 9.44. The van der Waals surface area contributed by atoms with Gasteiger partial charge in [-0.3, -0.25) is 44.0 Å². The van der Waals surface area contributed by atoms with Crippen LogP contribution in [0.2, 0.25) is 0 Å². The summed E-state index contributed by atoms with van der Waals surface area (Å²) in [6.07, 6.45) is 8.21. The Kier molecular flexibility index (Phi) is 12.6. The molecule has 1 saturated carbocycles. The number of hydrogen-bond acceptors (Lipinski definition) is 13. The van der Waals surface area contributed by atoms with Crippen molar-refractivity contribution in [3.05, 3.63) is 96.4 Å². The van der Waals surface area contributed by atoms with Crippen LogP contribution in [0.25, 0.3) is 22.2 Å². The van der Waals surface area contributed by atoms with Gasteiger partial charge >= 0.3 is 0 Å². The monoisotopic (exact) mass is 868 g/mol. The molecule has 5 amide bonds. The number of rotatable bonds is 15.